The molecular formula is C15H16BrClN2. The van der Waals surface area contributed by atoms with E-state index in [4.69, 9.17) is 11.6 Å². The smallest absolute Gasteiger partial charge is 0.0763 e. The highest BCUT2D eigenvalue weighted by atomic mass is 79.9. The Morgan fingerprint density at radius 1 is 1.32 bits per heavy atom. The summed E-state index contributed by atoms with van der Waals surface area (Å²) < 4.78 is 1.00. The molecule has 0 spiro atoms. The second-order valence-electron chi connectivity index (χ2n) is 4.31. The molecule has 1 heterocycles. The van der Waals surface area contributed by atoms with Gasteiger partial charge in [-0.25, -0.2) is 0 Å². The third kappa shape index (κ3) is 3.78. The molecule has 1 N–H and O–H groups in total. The Bertz CT molecular complexity index is 545. The highest BCUT2D eigenvalue weighted by Gasteiger charge is 2.17. The normalized spacial score (nSPS) is 12.4. The van der Waals surface area contributed by atoms with Gasteiger partial charge in [-0.05, 0) is 58.7 Å². The molecule has 0 aliphatic heterocycles. The molecule has 0 aliphatic rings. The Morgan fingerprint density at radius 2 is 2.16 bits per heavy atom. The van der Waals surface area contributed by atoms with Crippen LogP contribution in [0.5, 0.6) is 0 Å². The van der Waals surface area contributed by atoms with Gasteiger partial charge >= 0.3 is 0 Å². The van der Waals surface area contributed by atoms with Crippen LogP contribution < -0.4 is 5.32 Å². The van der Waals surface area contributed by atoms with Gasteiger partial charge in [0.1, 0.15) is 0 Å². The molecule has 1 atom stereocenters. The molecule has 0 saturated carbocycles. The van der Waals surface area contributed by atoms with E-state index in [2.05, 4.69) is 39.2 Å². The first-order chi connectivity index (χ1) is 9.22. The second-order valence-corrected chi connectivity index (χ2v) is 5.60. The fourth-order valence-corrected chi connectivity index (χ4v) is 2.64. The van der Waals surface area contributed by atoms with Crippen molar-refractivity contribution in [2.24, 2.45) is 0 Å². The summed E-state index contributed by atoms with van der Waals surface area (Å²) in [6.45, 7) is 3.08. The second kappa shape index (κ2) is 7.04. The predicted octanol–water partition coefficient (Wildman–Crippen LogP) is 4.59. The van der Waals surface area contributed by atoms with E-state index in [1.807, 2.05) is 36.5 Å². The maximum atomic E-state index is 6.09. The average Bonchev–Trinajstić information content (AvgIpc) is 2.41. The lowest BCUT2D eigenvalue weighted by molar-refractivity contribution is 0.584. The fraction of sp³-hybridized carbons (Fsp3) is 0.267. The Kier molecular flexibility index (Phi) is 5.37. The van der Waals surface area contributed by atoms with Gasteiger partial charge in [-0.3, -0.25) is 4.98 Å². The van der Waals surface area contributed by atoms with Crippen LogP contribution in [0.25, 0.3) is 0 Å². The molecule has 0 radical (unpaired) electrons. The van der Waals surface area contributed by atoms with Crippen molar-refractivity contribution in [2.75, 3.05) is 6.54 Å². The van der Waals surface area contributed by atoms with Crippen LogP contribution in [-0.2, 0) is 0 Å². The van der Waals surface area contributed by atoms with Crippen LogP contribution >= 0.6 is 27.5 Å². The van der Waals surface area contributed by atoms with Gasteiger partial charge in [0, 0.05) is 15.7 Å². The predicted molar refractivity (Wildman–Crippen MR) is 83.5 cm³/mol. The summed E-state index contributed by atoms with van der Waals surface area (Å²) in [4.78, 5) is 4.49. The van der Waals surface area contributed by atoms with Crippen molar-refractivity contribution >= 4 is 27.5 Å². The fourth-order valence-electron chi connectivity index (χ4n) is 1.96. The van der Waals surface area contributed by atoms with Crippen LogP contribution in [-0.4, -0.2) is 11.5 Å². The van der Waals surface area contributed by atoms with Gasteiger partial charge in [0.15, 0.2) is 0 Å². The minimum atomic E-state index is 0.0502. The Labute approximate surface area is 127 Å². The van der Waals surface area contributed by atoms with Crippen LogP contribution in [0.3, 0.4) is 0 Å². The van der Waals surface area contributed by atoms with Crippen molar-refractivity contribution in [3.63, 3.8) is 0 Å². The number of hydrogen-bond acceptors (Lipinski definition) is 2. The first-order valence-electron chi connectivity index (χ1n) is 6.31. The number of nitrogens with one attached hydrogen (secondary N) is 1. The molecule has 0 bridgehead atoms. The summed E-state index contributed by atoms with van der Waals surface area (Å²) in [5, 5.41) is 4.26. The summed E-state index contributed by atoms with van der Waals surface area (Å²) in [6.07, 6.45) is 2.88. The molecule has 1 aromatic heterocycles. The number of pyridine rings is 1. The summed E-state index contributed by atoms with van der Waals surface area (Å²) >= 11 is 9.66. The summed E-state index contributed by atoms with van der Waals surface area (Å²) in [6, 6.07) is 11.9. The Hall–Kier alpha value is -0.900. The highest BCUT2D eigenvalue weighted by molar-refractivity contribution is 9.10. The van der Waals surface area contributed by atoms with Gasteiger partial charge in [0.2, 0.25) is 0 Å². The van der Waals surface area contributed by atoms with Gasteiger partial charge < -0.3 is 5.32 Å². The van der Waals surface area contributed by atoms with Gasteiger partial charge in [-0.1, -0.05) is 30.7 Å². The van der Waals surface area contributed by atoms with Gasteiger partial charge in [-0.2, -0.15) is 0 Å². The lowest BCUT2D eigenvalue weighted by Crippen LogP contribution is -2.24. The first-order valence-corrected chi connectivity index (χ1v) is 7.48. The minimum absolute atomic E-state index is 0.0502. The molecule has 4 heteroatoms. The van der Waals surface area contributed by atoms with Crippen molar-refractivity contribution in [1.29, 1.82) is 0 Å². The zero-order valence-corrected chi connectivity index (χ0v) is 13.1. The van der Waals surface area contributed by atoms with E-state index in [9.17, 15) is 0 Å². The van der Waals surface area contributed by atoms with E-state index in [1.54, 1.807) is 0 Å². The summed E-state index contributed by atoms with van der Waals surface area (Å²) in [5.41, 5.74) is 2.11. The number of rotatable bonds is 5. The third-order valence-corrected chi connectivity index (χ3v) is 3.75. The van der Waals surface area contributed by atoms with Gasteiger partial charge in [0.25, 0.3) is 0 Å². The van der Waals surface area contributed by atoms with E-state index in [1.165, 1.54) is 0 Å². The highest BCUT2D eigenvalue weighted by Crippen LogP contribution is 2.28. The number of nitrogens with zero attached hydrogens (tertiary/aromatic N) is 1. The van der Waals surface area contributed by atoms with Gasteiger partial charge in [0.05, 0.1) is 11.7 Å². The number of benzene rings is 1. The quantitative estimate of drug-likeness (QED) is 0.862. The molecule has 0 fully saturated rings. The molecule has 100 valence electrons. The summed E-state index contributed by atoms with van der Waals surface area (Å²) in [5.74, 6) is 0. The maximum Gasteiger partial charge on any atom is 0.0763 e. The van der Waals surface area contributed by atoms with E-state index < -0.39 is 0 Å². The lowest BCUT2D eigenvalue weighted by Gasteiger charge is -2.20. The van der Waals surface area contributed by atoms with Crippen LogP contribution in [0.2, 0.25) is 5.02 Å². The van der Waals surface area contributed by atoms with E-state index in [-0.39, 0.29) is 6.04 Å². The molecule has 2 nitrogen and oxygen atoms in total. The van der Waals surface area contributed by atoms with E-state index in [0.29, 0.717) is 0 Å². The SMILES string of the molecule is CCCNC(c1cccc(Cl)c1)c1ncccc1Br. The Balaban J connectivity index is 2.38. The molecule has 19 heavy (non-hydrogen) atoms. The maximum absolute atomic E-state index is 6.09. The minimum Gasteiger partial charge on any atom is -0.305 e. The standard InChI is InChI=1S/C15H16BrClN2/c1-2-8-18-14(11-5-3-6-12(17)10-11)15-13(16)7-4-9-19-15/h3-7,9-10,14,18H,2,8H2,1H3. The zero-order chi connectivity index (χ0) is 13.7. The molecule has 0 aliphatic carbocycles. The number of halogens is 2. The molecule has 2 aromatic rings. The van der Waals surface area contributed by atoms with Crippen LogP contribution in [0, 0.1) is 0 Å². The average molecular weight is 340 g/mol. The van der Waals surface area contributed by atoms with Crippen LogP contribution in [0.4, 0.5) is 0 Å². The third-order valence-electron chi connectivity index (χ3n) is 2.84. The van der Waals surface area contributed by atoms with Crippen molar-refractivity contribution in [2.45, 2.75) is 19.4 Å². The molecule has 1 unspecified atom stereocenters. The molecule has 1 aromatic carbocycles. The van der Waals surface area contributed by atoms with E-state index in [0.717, 1.165) is 33.7 Å². The lowest BCUT2D eigenvalue weighted by atomic mass is 10.0. The van der Waals surface area contributed by atoms with Crippen molar-refractivity contribution < 1.29 is 0 Å². The van der Waals surface area contributed by atoms with Crippen molar-refractivity contribution in [1.82, 2.24) is 10.3 Å². The van der Waals surface area contributed by atoms with E-state index >= 15 is 0 Å². The van der Waals surface area contributed by atoms with Crippen LogP contribution in [0.1, 0.15) is 30.6 Å². The van der Waals surface area contributed by atoms with Crippen molar-refractivity contribution in [3.8, 4) is 0 Å². The molecule has 0 amide bonds. The Morgan fingerprint density at radius 3 is 2.84 bits per heavy atom. The van der Waals surface area contributed by atoms with Gasteiger partial charge in [-0.15, -0.1) is 0 Å². The largest absolute Gasteiger partial charge is 0.305 e. The van der Waals surface area contributed by atoms with Crippen molar-refractivity contribution in [3.05, 3.63) is 63.3 Å². The van der Waals surface area contributed by atoms with Crippen LogP contribution in [0.15, 0.2) is 47.1 Å². The molecular weight excluding hydrogens is 324 g/mol. The first kappa shape index (κ1) is 14.5. The molecule has 0 saturated heterocycles. The number of hydrogen-bond donors (Lipinski definition) is 1. The number of aromatic nitrogens is 1. The topological polar surface area (TPSA) is 24.9 Å². The monoisotopic (exact) mass is 338 g/mol. The molecule has 2 rings (SSSR count). The zero-order valence-electron chi connectivity index (χ0n) is 10.7. The summed E-state index contributed by atoms with van der Waals surface area (Å²) in [7, 11) is 0.